The van der Waals surface area contributed by atoms with Gasteiger partial charge in [-0.3, -0.25) is 9.59 Å². The van der Waals surface area contributed by atoms with E-state index in [4.69, 9.17) is 0 Å². The highest BCUT2D eigenvalue weighted by Crippen LogP contribution is 2.25. The third kappa shape index (κ3) is 6.18. The van der Waals surface area contributed by atoms with Gasteiger partial charge in [-0.15, -0.1) is 11.3 Å². The summed E-state index contributed by atoms with van der Waals surface area (Å²) in [6, 6.07) is 11.2. The van der Waals surface area contributed by atoms with Crippen LogP contribution in [0.25, 0.3) is 10.6 Å². The first-order chi connectivity index (χ1) is 14.6. The molecule has 2 amide bonds. The summed E-state index contributed by atoms with van der Waals surface area (Å²) in [6.45, 7) is 5.32. The van der Waals surface area contributed by atoms with Crippen LogP contribution >= 0.6 is 11.3 Å². The van der Waals surface area contributed by atoms with Crippen molar-refractivity contribution in [3.8, 4) is 10.6 Å². The third-order valence-electron chi connectivity index (χ3n) is 4.58. The van der Waals surface area contributed by atoms with Crippen LogP contribution in [0, 0.1) is 11.6 Å². The van der Waals surface area contributed by atoms with Gasteiger partial charge in [0.2, 0.25) is 5.91 Å². The number of hydrogen-bond acceptors (Lipinski definition) is 4. The van der Waals surface area contributed by atoms with Crippen molar-refractivity contribution in [2.45, 2.75) is 38.8 Å². The number of nitrogens with one attached hydrogen (secondary N) is 2. The molecule has 0 bridgehead atoms. The predicted octanol–water partition coefficient (Wildman–Crippen LogP) is 4.34. The zero-order valence-electron chi connectivity index (χ0n) is 17.4. The highest BCUT2D eigenvalue weighted by atomic mass is 32.1. The van der Waals surface area contributed by atoms with Gasteiger partial charge in [-0.2, -0.15) is 0 Å². The lowest BCUT2D eigenvalue weighted by Gasteiger charge is -2.28. The van der Waals surface area contributed by atoms with Crippen molar-refractivity contribution in [3.05, 3.63) is 76.8 Å². The fourth-order valence-electron chi connectivity index (χ4n) is 3.04. The molecular weight excluding hydrogens is 420 g/mol. The van der Waals surface area contributed by atoms with Crippen LogP contribution in [0.1, 0.15) is 36.0 Å². The van der Waals surface area contributed by atoms with Crippen molar-refractivity contribution in [3.63, 3.8) is 0 Å². The third-order valence-corrected chi connectivity index (χ3v) is 5.63. The molecule has 0 aliphatic heterocycles. The molecule has 0 saturated heterocycles. The van der Waals surface area contributed by atoms with Gasteiger partial charge in [0.15, 0.2) is 0 Å². The van der Waals surface area contributed by atoms with Crippen molar-refractivity contribution in [2.75, 3.05) is 0 Å². The number of carbonyl (C=O) groups is 2. The van der Waals surface area contributed by atoms with Gasteiger partial charge >= 0.3 is 0 Å². The van der Waals surface area contributed by atoms with E-state index >= 15 is 0 Å². The van der Waals surface area contributed by atoms with Crippen LogP contribution in [0.5, 0.6) is 0 Å². The molecule has 0 aliphatic rings. The zero-order chi connectivity index (χ0) is 22.6. The molecule has 5 nitrogen and oxygen atoms in total. The number of amides is 2. The molecule has 0 radical (unpaired) electrons. The number of hydrogen-bond donors (Lipinski definition) is 2. The molecule has 0 unspecified atom stereocenters. The van der Waals surface area contributed by atoms with Crippen LogP contribution in [0.3, 0.4) is 0 Å². The van der Waals surface area contributed by atoms with Crippen molar-refractivity contribution >= 4 is 23.2 Å². The number of thiazole rings is 1. The number of benzene rings is 2. The fourth-order valence-corrected chi connectivity index (χ4v) is 3.86. The lowest BCUT2D eigenvalue weighted by molar-refractivity contribution is -0.124. The standard InChI is InChI=1S/C23H23F2N3O2S/c1-14(20(29)28-23(2,3)12-15-4-8-17(24)9-5-15)27-21(30)19-13-26-22(31-19)16-6-10-18(25)11-7-16/h4-11,13-14H,12H2,1-3H3,(H,27,30)(H,28,29)/t14-/m0/s1. The van der Waals surface area contributed by atoms with E-state index in [0.717, 1.165) is 16.9 Å². The van der Waals surface area contributed by atoms with Gasteiger partial charge in [0.05, 0.1) is 6.20 Å². The first-order valence-corrected chi connectivity index (χ1v) is 10.5. The Balaban J connectivity index is 1.58. The lowest BCUT2D eigenvalue weighted by atomic mass is 9.94. The van der Waals surface area contributed by atoms with Crippen molar-refractivity contribution < 1.29 is 18.4 Å². The largest absolute Gasteiger partial charge is 0.349 e. The second-order valence-corrected chi connectivity index (χ2v) is 8.94. The van der Waals surface area contributed by atoms with Crippen LogP contribution < -0.4 is 10.6 Å². The summed E-state index contributed by atoms with van der Waals surface area (Å²) in [4.78, 5) is 29.7. The molecule has 0 saturated carbocycles. The minimum absolute atomic E-state index is 0.312. The van der Waals surface area contributed by atoms with E-state index in [1.807, 2.05) is 13.8 Å². The molecule has 1 heterocycles. The predicted molar refractivity (Wildman–Crippen MR) is 117 cm³/mol. The Hall–Kier alpha value is -3.13. The molecule has 1 atom stereocenters. The monoisotopic (exact) mass is 443 g/mol. The smallest absolute Gasteiger partial charge is 0.263 e. The lowest BCUT2D eigenvalue weighted by Crippen LogP contribution is -2.52. The highest BCUT2D eigenvalue weighted by molar-refractivity contribution is 7.16. The maximum Gasteiger partial charge on any atom is 0.263 e. The van der Waals surface area contributed by atoms with E-state index in [2.05, 4.69) is 15.6 Å². The summed E-state index contributed by atoms with van der Waals surface area (Å²) >= 11 is 1.16. The Bertz CT molecular complexity index is 1060. The van der Waals surface area contributed by atoms with Gasteiger partial charge < -0.3 is 10.6 Å². The van der Waals surface area contributed by atoms with Gasteiger partial charge in [0, 0.05) is 11.1 Å². The fraction of sp³-hybridized carbons (Fsp3) is 0.261. The van der Waals surface area contributed by atoms with Crippen molar-refractivity contribution in [1.82, 2.24) is 15.6 Å². The SMILES string of the molecule is C[C@H](NC(=O)c1cnc(-c2ccc(F)cc2)s1)C(=O)NC(C)(C)Cc1ccc(F)cc1. The van der Waals surface area contributed by atoms with Gasteiger partial charge in [-0.25, -0.2) is 13.8 Å². The molecule has 162 valence electrons. The minimum atomic E-state index is -0.767. The average Bonchev–Trinajstić information content (AvgIpc) is 3.20. The normalized spacial score (nSPS) is 12.3. The molecule has 0 spiro atoms. The van der Waals surface area contributed by atoms with E-state index < -0.39 is 17.5 Å². The Kier molecular flexibility index (Phi) is 6.80. The topological polar surface area (TPSA) is 71.1 Å². The van der Waals surface area contributed by atoms with Crippen LogP contribution in [-0.4, -0.2) is 28.4 Å². The molecule has 31 heavy (non-hydrogen) atoms. The second kappa shape index (κ2) is 9.34. The van der Waals surface area contributed by atoms with Gasteiger partial charge in [-0.05, 0) is 69.2 Å². The molecular formula is C23H23F2N3O2S. The minimum Gasteiger partial charge on any atom is -0.349 e. The van der Waals surface area contributed by atoms with Crippen LogP contribution in [-0.2, 0) is 11.2 Å². The van der Waals surface area contributed by atoms with Crippen LogP contribution in [0.15, 0.2) is 54.7 Å². The summed E-state index contributed by atoms with van der Waals surface area (Å²) in [5.74, 6) is -1.40. The van der Waals surface area contributed by atoms with E-state index in [9.17, 15) is 18.4 Å². The number of nitrogens with zero attached hydrogens (tertiary/aromatic N) is 1. The second-order valence-electron chi connectivity index (χ2n) is 7.91. The average molecular weight is 444 g/mol. The molecule has 2 N–H and O–H groups in total. The van der Waals surface area contributed by atoms with Crippen LogP contribution in [0.4, 0.5) is 8.78 Å². The van der Waals surface area contributed by atoms with Crippen molar-refractivity contribution in [1.29, 1.82) is 0 Å². The molecule has 3 aromatic rings. The summed E-state index contributed by atoms with van der Waals surface area (Å²) in [5.41, 5.74) is 1.01. The summed E-state index contributed by atoms with van der Waals surface area (Å²) in [6.07, 6.45) is 1.94. The molecule has 3 rings (SSSR count). The summed E-state index contributed by atoms with van der Waals surface area (Å²) in [5, 5.41) is 6.18. The van der Waals surface area contributed by atoms with Gasteiger partial charge in [-0.1, -0.05) is 12.1 Å². The first kappa shape index (κ1) is 22.6. The Morgan fingerprint density at radius 1 is 1.03 bits per heavy atom. The van der Waals surface area contributed by atoms with E-state index in [0.29, 0.717) is 21.9 Å². The Morgan fingerprint density at radius 2 is 1.61 bits per heavy atom. The molecule has 0 aliphatic carbocycles. The van der Waals surface area contributed by atoms with Gasteiger partial charge in [0.1, 0.15) is 27.6 Å². The number of carbonyl (C=O) groups excluding carboxylic acids is 2. The number of halogens is 2. The summed E-state index contributed by atoms with van der Waals surface area (Å²) in [7, 11) is 0. The number of rotatable bonds is 7. The van der Waals surface area contributed by atoms with E-state index in [-0.39, 0.29) is 17.5 Å². The maximum atomic E-state index is 13.1. The zero-order valence-corrected chi connectivity index (χ0v) is 18.2. The Labute approximate surface area is 183 Å². The molecule has 0 fully saturated rings. The first-order valence-electron chi connectivity index (χ1n) is 9.72. The van der Waals surface area contributed by atoms with Gasteiger partial charge in [0.25, 0.3) is 5.91 Å². The van der Waals surface area contributed by atoms with Crippen molar-refractivity contribution in [2.24, 2.45) is 0 Å². The number of aromatic nitrogens is 1. The quantitative estimate of drug-likeness (QED) is 0.571. The van der Waals surface area contributed by atoms with Crippen LogP contribution in [0.2, 0.25) is 0 Å². The molecule has 1 aromatic heterocycles. The maximum absolute atomic E-state index is 13.1. The highest BCUT2D eigenvalue weighted by Gasteiger charge is 2.25. The molecule has 2 aromatic carbocycles. The van der Waals surface area contributed by atoms with E-state index in [1.165, 1.54) is 30.5 Å². The van der Waals surface area contributed by atoms with E-state index in [1.54, 1.807) is 31.2 Å². The Morgan fingerprint density at radius 3 is 2.23 bits per heavy atom. The summed E-state index contributed by atoms with van der Waals surface area (Å²) < 4.78 is 26.2. The molecule has 8 heteroatoms.